The smallest absolute Gasteiger partial charge is 0.257 e. The minimum atomic E-state index is -0.469. The molecule has 0 bridgehead atoms. The lowest BCUT2D eigenvalue weighted by Gasteiger charge is -2.32. The van der Waals surface area contributed by atoms with Gasteiger partial charge in [-0.15, -0.1) is 0 Å². The van der Waals surface area contributed by atoms with Gasteiger partial charge in [-0.3, -0.25) is 4.79 Å². The number of amides is 1. The zero-order valence-electron chi connectivity index (χ0n) is 13.7. The van der Waals surface area contributed by atoms with Crippen LogP contribution in [0, 0.1) is 12.7 Å². The highest BCUT2D eigenvalue weighted by Gasteiger charge is 2.26. The third-order valence-electron chi connectivity index (χ3n) is 4.46. The van der Waals surface area contributed by atoms with Gasteiger partial charge in [-0.05, 0) is 25.1 Å². The summed E-state index contributed by atoms with van der Waals surface area (Å²) >= 11 is 3.22. The Morgan fingerprint density at radius 3 is 2.62 bits per heavy atom. The molecule has 24 heavy (non-hydrogen) atoms. The van der Waals surface area contributed by atoms with E-state index in [2.05, 4.69) is 47.1 Å². The number of halogens is 2. The molecule has 0 radical (unpaired) electrons. The van der Waals surface area contributed by atoms with Crippen LogP contribution in [0.2, 0.25) is 0 Å². The summed E-state index contributed by atoms with van der Waals surface area (Å²) in [5.74, 6) is -0.682. The van der Waals surface area contributed by atoms with Crippen molar-refractivity contribution in [3.63, 3.8) is 0 Å². The second-order valence-electron chi connectivity index (χ2n) is 6.33. The highest BCUT2D eigenvalue weighted by Crippen LogP contribution is 2.17. The fourth-order valence-electron chi connectivity index (χ4n) is 3.15. The molecule has 1 aliphatic rings. The van der Waals surface area contributed by atoms with Gasteiger partial charge in [0.1, 0.15) is 12.4 Å². The van der Waals surface area contributed by atoms with Gasteiger partial charge in [0.15, 0.2) is 0 Å². The van der Waals surface area contributed by atoms with Crippen LogP contribution in [-0.2, 0) is 6.54 Å². The number of carbonyl (C=O) groups excluding carboxylic acids is 1. The van der Waals surface area contributed by atoms with E-state index in [1.54, 1.807) is 17.0 Å². The van der Waals surface area contributed by atoms with Gasteiger partial charge in [-0.1, -0.05) is 45.8 Å². The Labute approximate surface area is 150 Å². The average molecular weight is 392 g/mol. The number of nitrogens with zero attached hydrogens (tertiary/aromatic N) is 1. The van der Waals surface area contributed by atoms with E-state index >= 15 is 0 Å². The van der Waals surface area contributed by atoms with Crippen LogP contribution in [0.3, 0.4) is 0 Å². The Bertz CT molecular complexity index is 742. The first-order chi connectivity index (χ1) is 11.5. The average Bonchev–Trinajstić information content (AvgIpc) is 2.55. The maximum absolute atomic E-state index is 14.0. The standard InChI is InChI=1S/C19H20BrFN2O/c1-14-3-2-4-15(11-14)13-22-7-9-23(10-8-22)19(24)17-6-5-16(20)12-18(17)21/h2-6,11-12H,7-10,13H2,1H3/p+1. The summed E-state index contributed by atoms with van der Waals surface area (Å²) in [6.45, 7) is 6.17. The van der Waals surface area contributed by atoms with Crippen LogP contribution in [0.1, 0.15) is 21.5 Å². The van der Waals surface area contributed by atoms with Crippen molar-refractivity contribution in [2.45, 2.75) is 13.5 Å². The predicted octanol–water partition coefficient (Wildman–Crippen LogP) is 2.44. The van der Waals surface area contributed by atoms with Crippen molar-refractivity contribution < 1.29 is 14.1 Å². The van der Waals surface area contributed by atoms with E-state index in [0.29, 0.717) is 17.6 Å². The lowest BCUT2D eigenvalue weighted by Crippen LogP contribution is -3.13. The van der Waals surface area contributed by atoms with Crippen molar-refractivity contribution in [3.05, 3.63) is 69.4 Å². The van der Waals surface area contributed by atoms with E-state index < -0.39 is 5.82 Å². The van der Waals surface area contributed by atoms with Gasteiger partial charge in [0.25, 0.3) is 5.91 Å². The second kappa shape index (κ2) is 7.45. The third-order valence-corrected chi connectivity index (χ3v) is 4.95. The number of rotatable bonds is 3. The van der Waals surface area contributed by atoms with Gasteiger partial charge >= 0.3 is 0 Å². The first-order valence-electron chi connectivity index (χ1n) is 8.16. The molecule has 0 spiro atoms. The molecule has 2 aromatic rings. The molecular weight excluding hydrogens is 371 g/mol. The van der Waals surface area contributed by atoms with Crippen LogP contribution in [0.25, 0.3) is 0 Å². The quantitative estimate of drug-likeness (QED) is 0.853. The van der Waals surface area contributed by atoms with E-state index in [4.69, 9.17) is 0 Å². The molecule has 1 heterocycles. The Balaban J connectivity index is 1.59. The lowest BCUT2D eigenvalue weighted by molar-refractivity contribution is -0.917. The van der Waals surface area contributed by atoms with Crippen molar-refractivity contribution in [2.75, 3.05) is 26.2 Å². The minimum Gasteiger partial charge on any atom is -0.328 e. The van der Waals surface area contributed by atoms with Gasteiger partial charge < -0.3 is 9.80 Å². The molecule has 0 aliphatic carbocycles. The minimum absolute atomic E-state index is 0.153. The predicted molar refractivity (Wildman–Crippen MR) is 95.6 cm³/mol. The molecule has 3 nitrogen and oxygen atoms in total. The molecule has 126 valence electrons. The van der Waals surface area contributed by atoms with Gasteiger partial charge in [0.2, 0.25) is 0 Å². The molecule has 0 unspecified atom stereocenters. The van der Waals surface area contributed by atoms with Crippen molar-refractivity contribution >= 4 is 21.8 Å². The Hall–Kier alpha value is -1.72. The number of carbonyl (C=O) groups is 1. The molecular formula is C19H21BrFN2O+. The van der Waals surface area contributed by atoms with Crippen LogP contribution >= 0.6 is 15.9 Å². The Kier molecular flexibility index (Phi) is 5.31. The van der Waals surface area contributed by atoms with E-state index in [-0.39, 0.29) is 11.5 Å². The third kappa shape index (κ3) is 4.02. The Morgan fingerprint density at radius 2 is 1.96 bits per heavy atom. The molecule has 1 saturated heterocycles. The SMILES string of the molecule is Cc1cccc(C[NH+]2CCN(C(=O)c3ccc(Br)cc3F)CC2)c1. The monoisotopic (exact) mass is 391 g/mol. The summed E-state index contributed by atoms with van der Waals surface area (Å²) < 4.78 is 14.6. The summed E-state index contributed by atoms with van der Waals surface area (Å²) in [5, 5.41) is 0. The molecule has 0 aromatic heterocycles. The molecule has 1 N–H and O–H groups in total. The zero-order valence-corrected chi connectivity index (χ0v) is 15.3. The highest BCUT2D eigenvalue weighted by atomic mass is 79.9. The van der Waals surface area contributed by atoms with Crippen LogP contribution in [0.5, 0.6) is 0 Å². The fraction of sp³-hybridized carbons (Fsp3) is 0.316. The lowest BCUT2D eigenvalue weighted by atomic mass is 10.1. The summed E-state index contributed by atoms with van der Waals surface area (Å²) in [6.07, 6.45) is 0. The first-order valence-corrected chi connectivity index (χ1v) is 8.95. The van der Waals surface area contributed by atoms with E-state index in [9.17, 15) is 9.18 Å². The van der Waals surface area contributed by atoms with E-state index in [0.717, 1.165) is 19.6 Å². The van der Waals surface area contributed by atoms with Crippen LogP contribution < -0.4 is 4.90 Å². The molecule has 1 aliphatic heterocycles. The summed E-state index contributed by atoms with van der Waals surface area (Å²) in [6, 6.07) is 13.1. The van der Waals surface area contributed by atoms with Crippen LogP contribution in [0.15, 0.2) is 46.9 Å². The molecule has 3 rings (SSSR count). The number of quaternary nitrogens is 1. The maximum Gasteiger partial charge on any atom is 0.257 e. The number of hydrogen-bond acceptors (Lipinski definition) is 1. The van der Waals surface area contributed by atoms with Crippen molar-refractivity contribution in [1.29, 1.82) is 0 Å². The summed E-state index contributed by atoms with van der Waals surface area (Å²) in [7, 11) is 0. The molecule has 5 heteroatoms. The van der Waals surface area contributed by atoms with Gasteiger partial charge in [-0.25, -0.2) is 4.39 Å². The summed E-state index contributed by atoms with van der Waals surface area (Å²) in [5.41, 5.74) is 2.75. The molecule has 2 aromatic carbocycles. The van der Waals surface area contributed by atoms with Crippen LogP contribution in [0.4, 0.5) is 4.39 Å². The van der Waals surface area contributed by atoms with Crippen LogP contribution in [-0.4, -0.2) is 37.0 Å². The highest BCUT2D eigenvalue weighted by molar-refractivity contribution is 9.10. The second-order valence-corrected chi connectivity index (χ2v) is 7.25. The fourth-order valence-corrected chi connectivity index (χ4v) is 3.48. The van der Waals surface area contributed by atoms with Gasteiger partial charge in [0.05, 0.1) is 31.7 Å². The molecule has 0 atom stereocenters. The van der Waals surface area contributed by atoms with Crippen molar-refractivity contribution in [1.82, 2.24) is 4.90 Å². The number of piperazine rings is 1. The topological polar surface area (TPSA) is 24.8 Å². The van der Waals surface area contributed by atoms with Gasteiger partial charge in [0, 0.05) is 10.0 Å². The van der Waals surface area contributed by atoms with Crippen molar-refractivity contribution in [3.8, 4) is 0 Å². The number of nitrogens with one attached hydrogen (secondary N) is 1. The Morgan fingerprint density at radius 1 is 1.21 bits per heavy atom. The number of hydrogen-bond donors (Lipinski definition) is 1. The number of aryl methyl sites for hydroxylation is 1. The maximum atomic E-state index is 14.0. The van der Waals surface area contributed by atoms with E-state index in [1.807, 2.05) is 0 Å². The summed E-state index contributed by atoms with van der Waals surface area (Å²) in [4.78, 5) is 15.7. The van der Waals surface area contributed by atoms with Crippen molar-refractivity contribution in [2.24, 2.45) is 0 Å². The molecule has 1 fully saturated rings. The number of benzene rings is 2. The first kappa shape index (κ1) is 17.1. The normalized spacial score (nSPS) is 15.5. The van der Waals surface area contributed by atoms with Gasteiger partial charge in [-0.2, -0.15) is 0 Å². The molecule has 1 amide bonds. The van der Waals surface area contributed by atoms with E-state index in [1.165, 1.54) is 22.1 Å². The molecule has 0 saturated carbocycles. The largest absolute Gasteiger partial charge is 0.328 e. The zero-order chi connectivity index (χ0) is 17.1.